The quantitative estimate of drug-likeness (QED) is 0.830. The first-order valence-corrected chi connectivity index (χ1v) is 10.5. The third-order valence-corrected chi connectivity index (χ3v) is 6.62. The van der Waals surface area contributed by atoms with Crippen molar-refractivity contribution in [2.45, 2.75) is 39.3 Å². The Labute approximate surface area is 144 Å². The summed E-state index contributed by atoms with van der Waals surface area (Å²) in [6, 6.07) is 7.54. The predicted molar refractivity (Wildman–Crippen MR) is 95.9 cm³/mol. The molecule has 0 radical (unpaired) electrons. The molecule has 1 aromatic rings. The number of carbonyl (C=O) groups excluding carboxylic acids is 1. The summed E-state index contributed by atoms with van der Waals surface area (Å²) in [5.74, 6) is 0.616. The van der Waals surface area contributed by atoms with E-state index in [1.807, 2.05) is 24.3 Å². The van der Waals surface area contributed by atoms with Gasteiger partial charge in [0, 0.05) is 18.3 Å². The summed E-state index contributed by atoms with van der Waals surface area (Å²) in [5.41, 5.74) is 2.02. The number of sulfone groups is 1. The van der Waals surface area contributed by atoms with E-state index in [0.717, 1.165) is 18.7 Å². The number of rotatable bonds is 4. The highest BCUT2D eigenvalue weighted by atomic mass is 32.2. The van der Waals surface area contributed by atoms with Gasteiger partial charge in [-0.2, -0.15) is 0 Å². The summed E-state index contributed by atoms with van der Waals surface area (Å²) in [6.07, 6.45) is 0.941. The number of hydrogen-bond acceptors (Lipinski definition) is 4. The second-order valence-electron chi connectivity index (χ2n) is 7.32. The molecule has 2 aliphatic heterocycles. The summed E-state index contributed by atoms with van der Waals surface area (Å²) in [7, 11) is -3.11. The van der Waals surface area contributed by atoms with Gasteiger partial charge in [0.05, 0.1) is 24.1 Å². The van der Waals surface area contributed by atoms with Gasteiger partial charge in [-0.1, -0.05) is 32.9 Å². The SMILES string of the molecule is CCc1ccc(N2C(=O)CN(CC(C)C)C3CS(=O)(=O)CC32)cc1. The molecule has 2 aliphatic rings. The first kappa shape index (κ1) is 17.4. The van der Waals surface area contributed by atoms with Gasteiger partial charge in [-0.05, 0) is 30.0 Å². The number of nitrogens with zero attached hydrogens (tertiary/aromatic N) is 2. The first-order valence-electron chi connectivity index (χ1n) is 8.66. The fourth-order valence-corrected chi connectivity index (χ4v) is 5.84. The smallest absolute Gasteiger partial charge is 0.241 e. The molecule has 2 heterocycles. The van der Waals surface area contributed by atoms with Crippen molar-refractivity contribution in [3.05, 3.63) is 29.8 Å². The second kappa shape index (κ2) is 6.48. The molecule has 0 bridgehead atoms. The summed E-state index contributed by atoms with van der Waals surface area (Å²) >= 11 is 0. The van der Waals surface area contributed by atoms with Crippen LogP contribution in [0.15, 0.2) is 24.3 Å². The van der Waals surface area contributed by atoms with Gasteiger partial charge in [0.2, 0.25) is 5.91 Å². The molecule has 2 fully saturated rings. The lowest BCUT2D eigenvalue weighted by atomic mass is 10.0. The zero-order valence-corrected chi connectivity index (χ0v) is 15.4. The van der Waals surface area contributed by atoms with Gasteiger partial charge in [-0.25, -0.2) is 8.42 Å². The Morgan fingerprint density at radius 2 is 1.75 bits per heavy atom. The summed E-state index contributed by atoms with van der Waals surface area (Å²) in [6.45, 7) is 7.33. The molecular formula is C18H26N2O3S. The fourth-order valence-electron chi connectivity index (χ4n) is 3.85. The minimum absolute atomic E-state index is 0.00162. The molecular weight excluding hydrogens is 324 g/mol. The van der Waals surface area contributed by atoms with E-state index >= 15 is 0 Å². The van der Waals surface area contributed by atoms with Crippen LogP contribution in [0.4, 0.5) is 5.69 Å². The maximum atomic E-state index is 12.8. The molecule has 0 spiro atoms. The third-order valence-electron chi connectivity index (χ3n) is 4.92. The number of hydrogen-bond donors (Lipinski definition) is 0. The number of amides is 1. The molecule has 0 aliphatic carbocycles. The van der Waals surface area contributed by atoms with Crippen LogP contribution in [0.2, 0.25) is 0 Å². The van der Waals surface area contributed by atoms with Crippen molar-refractivity contribution in [3.63, 3.8) is 0 Å². The average Bonchev–Trinajstić information content (AvgIpc) is 2.82. The van der Waals surface area contributed by atoms with Crippen LogP contribution in [-0.2, 0) is 21.1 Å². The first-order chi connectivity index (χ1) is 11.3. The van der Waals surface area contributed by atoms with Crippen LogP contribution in [-0.4, -0.2) is 55.9 Å². The monoisotopic (exact) mass is 350 g/mol. The number of fused-ring (bicyclic) bond motifs is 1. The lowest BCUT2D eigenvalue weighted by molar-refractivity contribution is -0.123. The molecule has 0 saturated carbocycles. The number of anilines is 1. The molecule has 3 rings (SSSR count). The molecule has 132 valence electrons. The Morgan fingerprint density at radius 3 is 2.33 bits per heavy atom. The Bertz CT molecular complexity index is 712. The van der Waals surface area contributed by atoms with Crippen LogP contribution >= 0.6 is 0 Å². The van der Waals surface area contributed by atoms with Crippen LogP contribution in [0.25, 0.3) is 0 Å². The molecule has 1 amide bonds. The number of benzene rings is 1. The maximum Gasteiger partial charge on any atom is 0.241 e. The van der Waals surface area contributed by atoms with Gasteiger partial charge in [0.15, 0.2) is 9.84 Å². The van der Waals surface area contributed by atoms with E-state index < -0.39 is 9.84 Å². The van der Waals surface area contributed by atoms with Crippen molar-refractivity contribution in [2.24, 2.45) is 5.92 Å². The Kier molecular flexibility index (Phi) is 4.71. The van der Waals surface area contributed by atoms with Crippen molar-refractivity contribution in [1.29, 1.82) is 0 Å². The van der Waals surface area contributed by atoms with E-state index in [4.69, 9.17) is 0 Å². The van der Waals surface area contributed by atoms with E-state index in [-0.39, 0.29) is 29.5 Å². The van der Waals surface area contributed by atoms with Crippen molar-refractivity contribution >= 4 is 21.4 Å². The van der Waals surface area contributed by atoms with E-state index in [1.54, 1.807) is 4.90 Å². The molecule has 0 N–H and O–H groups in total. The minimum Gasteiger partial charge on any atom is -0.306 e. The van der Waals surface area contributed by atoms with Crippen LogP contribution in [0.3, 0.4) is 0 Å². The van der Waals surface area contributed by atoms with Gasteiger partial charge in [0.25, 0.3) is 0 Å². The highest BCUT2D eigenvalue weighted by Gasteiger charge is 2.49. The molecule has 2 unspecified atom stereocenters. The summed E-state index contributed by atoms with van der Waals surface area (Å²) < 4.78 is 24.5. The summed E-state index contributed by atoms with van der Waals surface area (Å²) in [4.78, 5) is 16.6. The molecule has 1 aromatic carbocycles. The highest BCUT2D eigenvalue weighted by Crippen LogP contribution is 2.32. The van der Waals surface area contributed by atoms with Crippen LogP contribution in [0.5, 0.6) is 0 Å². The molecule has 5 nitrogen and oxygen atoms in total. The second-order valence-corrected chi connectivity index (χ2v) is 9.47. The van der Waals surface area contributed by atoms with Crippen molar-refractivity contribution in [3.8, 4) is 0 Å². The van der Waals surface area contributed by atoms with Crippen molar-refractivity contribution < 1.29 is 13.2 Å². The highest BCUT2D eigenvalue weighted by molar-refractivity contribution is 7.91. The minimum atomic E-state index is -3.11. The number of carbonyl (C=O) groups is 1. The van der Waals surface area contributed by atoms with Gasteiger partial charge in [0.1, 0.15) is 0 Å². The van der Waals surface area contributed by atoms with Gasteiger partial charge in [-0.3, -0.25) is 9.69 Å². The number of piperazine rings is 1. The Hall–Kier alpha value is -1.40. The Balaban J connectivity index is 1.94. The van der Waals surface area contributed by atoms with Crippen molar-refractivity contribution in [2.75, 3.05) is 29.5 Å². The van der Waals surface area contributed by atoms with E-state index in [0.29, 0.717) is 12.5 Å². The van der Waals surface area contributed by atoms with Gasteiger partial charge >= 0.3 is 0 Å². The third kappa shape index (κ3) is 3.35. The number of aryl methyl sites for hydroxylation is 1. The van der Waals surface area contributed by atoms with Gasteiger partial charge < -0.3 is 4.90 Å². The van der Waals surface area contributed by atoms with E-state index in [2.05, 4.69) is 25.7 Å². The topological polar surface area (TPSA) is 57.7 Å². The van der Waals surface area contributed by atoms with Crippen LogP contribution < -0.4 is 4.90 Å². The van der Waals surface area contributed by atoms with Crippen LogP contribution in [0.1, 0.15) is 26.3 Å². The van der Waals surface area contributed by atoms with Crippen LogP contribution in [0, 0.1) is 5.92 Å². The normalized spacial score (nSPS) is 26.8. The predicted octanol–water partition coefficient (Wildman–Crippen LogP) is 1.72. The molecule has 2 atom stereocenters. The Morgan fingerprint density at radius 1 is 1.12 bits per heavy atom. The maximum absolute atomic E-state index is 12.8. The lowest BCUT2D eigenvalue weighted by Crippen LogP contribution is -2.62. The largest absolute Gasteiger partial charge is 0.306 e. The zero-order chi connectivity index (χ0) is 17.5. The average molecular weight is 350 g/mol. The molecule has 24 heavy (non-hydrogen) atoms. The molecule has 6 heteroatoms. The van der Waals surface area contributed by atoms with E-state index in [9.17, 15) is 13.2 Å². The zero-order valence-electron chi connectivity index (χ0n) is 14.6. The van der Waals surface area contributed by atoms with Gasteiger partial charge in [-0.15, -0.1) is 0 Å². The van der Waals surface area contributed by atoms with Crippen molar-refractivity contribution in [1.82, 2.24) is 4.90 Å². The summed E-state index contributed by atoms with van der Waals surface area (Å²) in [5, 5.41) is 0. The molecule has 2 saturated heterocycles. The standard InChI is InChI=1S/C18H26N2O3S/c1-4-14-5-7-15(8-6-14)20-17-12-24(22,23)11-16(17)19(9-13(2)3)10-18(20)21/h5-8,13,16-17H,4,9-12H2,1-3H3. The van der Waals surface area contributed by atoms with E-state index in [1.165, 1.54) is 5.56 Å². The lowest BCUT2D eigenvalue weighted by Gasteiger charge is -2.44. The fraction of sp³-hybridized carbons (Fsp3) is 0.611. The molecule has 0 aromatic heterocycles.